The molecule has 4 heterocycles. The lowest BCUT2D eigenvalue weighted by Gasteiger charge is -2.29. The van der Waals surface area contributed by atoms with Crippen molar-refractivity contribution in [3.8, 4) is 0 Å². The van der Waals surface area contributed by atoms with Crippen LogP contribution in [0.25, 0.3) is 0 Å². The van der Waals surface area contributed by atoms with Gasteiger partial charge in [0.25, 0.3) is 5.89 Å². The Balaban J connectivity index is 1.52. The minimum absolute atomic E-state index is 0.0832. The largest absolute Gasteiger partial charge is 0.437 e. The van der Waals surface area contributed by atoms with Crippen LogP contribution in [0.1, 0.15) is 53.3 Å². The zero-order valence-electron chi connectivity index (χ0n) is 15.7. The maximum Gasteiger partial charge on any atom is 0.309 e. The molecule has 7 heteroatoms. The van der Waals surface area contributed by atoms with E-state index in [-0.39, 0.29) is 11.8 Å². The van der Waals surface area contributed by atoms with Crippen molar-refractivity contribution in [1.82, 2.24) is 19.9 Å². The monoisotopic (exact) mass is 355 g/mol. The third-order valence-corrected chi connectivity index (χ3v) is 5.11. The van der Waals surface area contributed by atoms with Gasteiger partial charge in [0.1, 0.15) is 11.5 Å². The number of piperidine rings is 1. The van der Waals surface area contributed by atoms with E-state index < -0.39 is 0 Å². The number of carbonyl (C=O) groups is 1. The first-order valence-electron chi connectivity index (χ1n) is 9.34. The molecule has 0 saturated carbocycles. The van der Waals surface area contributed by atoms with Crippen LogP contribution in [0.4, 0.5) is 5.95 Å². The SMILES string of the molecule is Cc1cc(C)nc(N2CCc3oc(C(=O)N4CCC[C@H](C)C4)nc3C2)n1. The highest BCUT2D eigenvalue weighted by Gasteiger charge is 2.30. The smallest absolute Gasteiger partial charge is 0.309 e. The van der Waals surface area contributed by atoms with E-state index in [1.54, 1.807) is 0 Å². The molecule has 2 aromatic heterocycles. The summed E-state index contributed by atoms with van der Waals surface area (Å²) in [6.07, 6.45) is 2.93. The van der Waals surface area contributed by atoms with Crippen molar-refractivity contribution >= 4 is 11.9 Å². The molecule has 2 aliphatic heterocycles. The summed E-state index contributed by atoms with van der Waals surface area (Å²) in [5, 5.41) is 0. The van der Waals surface area contributed by atoms with E-state index in [0.717, 1.165) is 48.9 Å². The molecule has 1 amide bonds. The summed E-state index contributed by atoms with van der Waals surface area (Å²) in [5.41, 5.74) is 2.73. The molecular weight excluding hydrogens is 330 g/mol. The molecule has 0 bridgehead atoms. The van der Waals surface area contributed by atoms with Gasteiger partial charge in [-0.05, 0) is 38.7 Å². The van der Waals surface area contributed by atoms with Crippen molar-refractivity contribution in [1.29, 1.82) is 0 Å². The summed E-state index contributed by atoms with van der Waals surface area (Å²) in [7, 11) is 0. The van der Waals surface area contributed by atoms with Gasteiger partial charge in [0.05, 0.1) is 6.54 Å². The number of hydrogen-bond acceptors (Lipinski definition) is 6. The Kier molecular flexibility index (Phi) is 4.38. The number of nitrogens with zero attached hydrogens (tertiary/aromatic N) is 5. The number of hydrogen-bond donors (Lipinski definition) is 0. The molecule has 1 fully saturated rings. The number of oxazole rings is 1. The van der Waals surface area contributed by atoms with E-state index >= 15 is 0 Å². The third kappa shape index (κ3) is 3.30. The van der Waals surface area contributed by atoms with Crippen LogP contribution in [-0.2, 0) is 13.0 Å². The number of anilines is 1. The molecule has 0 N–H and O–H groups in total. The second-order valence-electron chi connectivity index (χ2n) is 7.51. The molecule has 1 atom stereocenters. The molecule has 0 spiro atoms. The van der Waals surface area contributed by atoms with Gasteiger partial charge in [-0.1, -0.05) is 6.92 Å². The highest BCUT2D eigenvalue weighted by molar-refractivity contribution is 5.89. The maximum absolute atomic E-state index is 12.7. The molecule has 26 heavy (non-hydrogen) atoms. The standard InChI is InChI=1S/C19H25N5O2/c1-12-5-4-7-23(10-12)18(25)17-22-15-11-24(8-6-16(15)26-17)19-20-13(2)9-14(3)21-19/h9,12H,4-8,10-11H2,1-3H3/t12-/m0/s1. The summed E-state index contributed by atoms with van der Waals surface area (Å²) in [5.74, 6) is 2.22. The van der Waals surface area contributed by atoms with Gasteiger partial charge in [0.15, 0.2) is 0 Å². The van der Waals surface area contributed by atoms with Crippen molar-refractivity contribution in [2.75, 3.05) is 24.5 Å². The van der Waals surface area contributed by atoms with Crippen LogP contribution in [0, 0.1) is 19.8 Å². The molecule has 2 aliphatic rings. The predicted octanol–water partition coefficient (Wildman–Crippen LogP) is 2.52. The van der Waals surface area contributed by atoms with Gasteiger partial charge in [0, 0.05) is 37.4 Å². The van der Waals surface area contributed by atoms with E-state index in [9.17, 15) is 4.79 Å². The first-order valence-corrected chi connectivity index (χ1v) is 9.34. The van der Waals surface area contributed by atoms with E-state index in [4.69, 9.17) is 4.42 Å². The molecule has 138 valence electrons. The minimum atomic E-state index is -0.0832. The van der Waals surface area contributed by atoms with Crippen LogP contribution >= 0.6 is 0 Å². The van der Waals surface area contributed by atoms with Crippen LogP contribution in [0.15, 0.2) is 10.5 Å². The van der Waals surface area contributed by atoms with Crippen molar-refractivity contribution < 1.29 is 9.21 Å². The van der Waals surface area contributed by atoms with Crippen LogP contribution < -0.4 is 4.90 Å². The highest BCUT2D eigenvalue weighted by atomic mass is 16.4. The van der Waals surface area contributed by atoms with Crippen molar-refractivity contribution in [2.45, 2.75) is 46.6 Å². The normalized spacial score (nSPS) is 20.2. The molecule has 0 aliphatic carbocycles. The van der Waals surface area contributed by atoms with Gasteiger partial charge in [0.2, 0.25) is 5.95 Å². The molecule has 2 aromatic rings. The van der Waals surface area contributed by atoms with Gasteiger partial charge >= 0.3 is 5.91 Å². The van der Waals surface area contributed by atoms with Gasteiger partial charge in [-0.3, -0.25) is 4.79 Å². The van der Waals surface area contributed by atoms with Gasteiger partial charge < -0.3 is 14.2 Å². The van der Waals surface area contributed by atoms with Crippen molar-refractivity contribution in [3.63, 3.8) is 0 Å². The lowest BCUT2D eigenvalue weighted by molar-refractivity contribution is 0.0641. The Labute approximate surface area is 153 Å². The molecule has 4 rings (SSSR count). The highest BCUT2D eigenvalue weighted by Crippen LogP contribution is 2.25. The number of carbonyl (C=O) groups excluding carboxylic acids is 1. The topological polar surface area (TPSA) is 75.4 Å². The van der Waals surface area contributed by atoms with Crippen LogP contribution in [-0.4, -0.2) is 45.4 Å². The summed E-state index contributed by atoms with van der Waals surface area (Å²) in [6, 6.07) is 1.96. The lowest BCUT2D eigenvalue weighted by Crippen LogP contribution is -2.39. The molecule has 0 aromatic carbocycles. The predicted molar refractivity (Wildman–Crippen MR) is 97.1 cm³/mol. The molecule has 0 radical (unpaired) electrons. The van der Waals surface area contributed by atoms with E-state index in [1.807, 2.05) is 24.8 Å². The van der Waals surface area contributed by atoms with E-state index in [0.29, 0.717) is 24.8 Å². The molecule has 0 unspecified atom stereocenters. The van der Waals surface area contributed by atoms with E-state index in [1.165, 1.54) is 6.42 Å². The van der Waals surface area contributed by atoms with Crippen LogP contribution in [0.3, 0.4) is 0 Å². The second-order valence-corrected chi connectivity index (χ2v) is 7.51. The third-order valence-electron chi connectivity index (χ3n) is 5.11. The Morgan fingerprint density at radius 1 is 1.19 bits per heavy atom. The minimum Gasteiger partial charge on any atom is -0.437 e. The summed E-state index contributed by atoms with van der Waals surface area (Å²) < 4.78 is 5.82. The summed E-state index contributed by atoms with van der Waals surface area (Å²) in [6.45, 7) is 9.04. The molecule has 7 nitrogen and oxygen atoms in total. The number of fused-ring (bicyclic) bond motifs is 1. The first-order chi connectivity index (χ1) is 12.5. The number of rotatable bonds is 2. The second kappa shape index (κ2) is 6.70. The molecular formula is C19H25N5O2. The fourth-order valence-electron chi connectivity index (χ4n) is 3.82. The van der Waals surface area contributed by atoms with Gasteiger partial charge in [-0.15, -0.1) is 0 Å². The first kappa shape index (κ1) is 17.0. The fourth-order valence-corrected chi connectivity index (χ4v) is 3.82. The average Bonchev–Trinajstić information content (AvgIpc) is 3.03. The fraction of sp³-hybridized carbons (Fsp3) is 0.579. The number of aryl methyl sites for hydroxylation is 2. The van der Waals surface area contributed by atoms with Crippen LogP contribution in [0.2, 0.25) is 0 Å². The lowest BCUT2D eigenvalue weighted by atomic mass is 10.0. The van der Waals surface area contributed by atoms with Crippen LogP contribution in [0.5, 0.6) is 0 Å². The number of likely N-dealkylation sites (tertiary alicyclic amines) is 1. The quantitative estimate of drug-likeness (QED) is 0.824. The zero-order valence-corrected chi connectivity index (χ0v) is 15.7. The molecule has 1 saturated heterocycles. The zero-order chi connectivity index (χ0) is 18.3. The summed E-state index contributed by atoms with van der Waals surface area (Å²) in [4.78, 5) is 30.3. The van der Waals surface area contributed by atoms with Crippen molar-refractivity contribution in [3.05, 3.63) is 34.8 Å². The Morgan fingerprint density at radius 2 is 1.96 bits per heavy atom. The summed E-state index contributed by atoms with van der Waals surface area (Å²) >= 11 is 0. The van der Waals surface area contributed by atoms with E-state index in [2.05, 4.69) is 26.8 Å². The Bertz CT molecular complexity index is 811. The van der Waals surface area contributed by atoms with Gasteiger partial charge in [-0.25, -0.2) is 15.0 Å². The van der Waals surface area contributed by atoms with Gasteiger partial charge in [-0.2, -0.15) is 0 Å². The number of aromatic nitrogens is 3. The Hall–Kier alpha value is -2.44. The number of amides is 1. The Morgan fingerprint density at radius 3 is 2.69 bits per heavy atom. The maximum atomic E-state index is 12.7. The van der Waals surface area contributed by atoms with Crippen molar-refractivity contribution in [2.24, 2.45) is 5.92 Å². The average molecular weight is 355 g/mol.